The number of nitro benzene ring substituents is 1. The fourth-order valence-electron chi connectivity index (χ4n) is 2.76. The average Bonchev–Trinajstić information content (AvgIpc) is 2.66. The van der Waals surface area contributed by atoms with E-state index >= 15 is 0 Å². The number of amides is 1. The number of likely N-dealkylation sites (N-methyl/N-ethyl adjacent to an activating group) is 1. The second kappa shape index (κ2) is 8.44. The minimum atomic E-state index is -0.462. The van der Waals surface area contributed by atoms with Crippen LogP contribution in [-0.4, -0.2) is 35.7 Å². The number of nitrogens with zero attached hydrogens (tertiary/aromatic N) is 2. The molecule has 0 saturated carbocycles. The van der Waals surface area contributed by atoms with Crippen molar-refractivity contribution < 1.29 is 19.2 Å². The molecule has 2 aromatic carbocycles. The molecule has 0 N–H and O–H groups in total. The zero-order valence-corrected chi connectivity index (χ0v) is 15.8. The molecule has 0 heterocycles. The minimum Gasteiger partial charge on any atom is -0.496 e. The molecule has 0 aromatic heterocycles. The zero-order chi connectivity index (χ0) is 20.1. The summed E-state index contributed by atoms with van der Waals surface area (Å²) >= 11 is 0. The van der Waals surface area contributed by atoms with Crippen molar-refractivity contribution in [3.63, 3.8) is 0 Å². The highest BCUT2D eigenvalue weighted by Crippen LogP contribution is 2.26. The smallest absolute Gasteiger partial charge is 0.269 e. The summed E-state index contributed by atoms with van der Waals surface area (Å²) in [5.41, 5.74) is 1.78. The molecule has 27 heavy (non-hydrogen) atoms. The summed E-state index contributed by atoms with van der Waals surface area (Å²) in [6.45, 7) is 3.27. The predicted octanol–water partition coefficient (Wildman–Crippen LogP) is 3.57. The van der Waals surface area contributed by atoms with Crippen LogP contribution >= 0.6 is 0 Å². The summed E-state index contributed by atoms with van der Waals surface area (Å²) in [4.78, 5) is 36.4. The molecule has 0 spiro atoms. The van der Waals surface area contributed by atoms with Crippen LogP contribution in [0.5, 0.6) is 5.75 Å². The Morgan fingerprint density at radius 2 is 1.93 bits per heavy atom. The molecule has 1 amide bonds. The number of carbonyl (C=O) groups excluding carboxylic acids is 2. The van der Waals surface area contributed by atoms with Gasteiger partial charge in [0.05, 0.1) is 24.5 Å². The van der Waals surface area contributed by atoms with Gasteiger partial charge in [-0.15, -0.1) is 0 Å². The molecule has 0 aliphatic carbocycles. The lowest BCUT2D eigenvalue weighted by atomic mass is 10.0. The Kier molecular flexibility index (Phi) is 6.28. The van der Waals surface area contributed by atoms with Crippen LogP contribution in [-0.2, 0) is 11.2 Å². The van der Waals surface area contributed by atoms with Gasteiger partial charge in [0, 0.05) is 30.3 Å². The number of hydrogen-bond acceptors (Lipinski definition) is 5. The van der Waals surface area contributed by atoms with Crippen molar-refractivity contribution in [2.24, 2.45) is 0 Å². The third-order valence-electron chi connectivity index (χ3n) is 4.57. The van der Waals surface area contributed by atoms with Crippen LogP contribution in [0.15, 0.2) is 42.5 Å². The van der Waals surface area contributed by atoms with Crippen LogP contribution < -0.4 is 4.74 Å². The minimum absolute atomic E-state index is 0.0176. The molecule has 142 valence electrons. The number of rotatable bonds is 7. The van der Waals surface area contributed by atoms with Crippen molar-refractivity contribution in [3.05, 3.63) is 69.3 Å². The monoisotopic (exact) mass is 370 g/mol. The highest BCUT2D eigenvalue weighted by Gasteiger charge is 2.21. The largest absolute Gasteiger partial charge is 0.496 e. The number of methoxy groups -OCH3 is 1. The van der Waals surface area contributed by atoms with Crippen molar-refractivity contribution in [3.8, 4) is 5.75 Å². The maximum absolute atomic E-state index is 12.7. The molecular formula is C20H22N2O5. The molecule has 1 atom stereocenters. The maximum Gasteiger partial charge on any atom is 0.269 e. The Bertz CT molecular complexity index is 878. The number of benzene rings is 2. The Labute approximate surface area is 157 Å². The Morgan fingerprint density at radius 3 is 2.52 bits per heavy atom. The van der Waals surface area contributed by atoms with Gasteiger partial charge in [-0.2, -0.15) is 0 Å². The molecule has 0 aliphatic rings. The highest BCUT2D eigenvalue weighted by molar-refractivity contribution is 5.94. The fraction of sp³-hybridized carbons (Fsp3) is 0.300. The molecule has 2 aromatic rings. The van der Waals surface area contributed by atoms with Gasteiger partial charge in [0.15, 0.2) is 5.78 Å². The standard InChI is InChI=1S/C20H22N2O5/c1-13(15-6-5-7-18(11-15)22(25)26)21(3)20(24)12-17-10-16(14(2)23)8-9-19(17)27-4/h5-11,13H,12H2,1-4H3/t13-/m0/s1. The summed E-state index contributed by atoms with van der Waals surface area (Å²) in [6, 6.07) is 10.9. The summed E-state index contributed by atoms with van der Waals surface area (Å²) in [6.07, 6.45) is 0.0556. The SMILES string of the molecule is COc1ccc(C(C)=O)cc1CC(=O)N(C)[C@@H](C)c1cccc([N+](=O)[O-])c1. The quantitative estimate of drug-likeness (QED) is 0.422. The van der Waals surface area contributed by atoms with E-state index in [0.717, 1.165) is 0 Å². The summed E-state index contributed by atoms with van der Waals surface area (Å²) in [7, 11) is 3.15. The Hall–Kier alpha value is -3.22. The van der Waals surface area contributed by atoms with E-state index < -0.39 is 4.92 Å². The number of hydrogen-bond donors (Lipinski definition) is 0. The third kappa shape index (κ3) is 4.69. The molecule has 7 heteroatoms. The lowest BCUT2D eigenvalue weighted by Gasteiger charge is -2.25. The topological polar surface area (TPSA) is 89.8 Å². The number of non-ortho nitro benzene ring substituents is 1. The Morgan fingerprint density at radius 1 is 1.22 bits per heavy atom. The fourth-order valence-corrected chi connectivity index (χ4v) is 2.76. The molecule has 0 radical (unpaired) electrons. The number of nitro groups is 1. The van der Waals surface area contributed by atoms with Gasteiger partial charge >= 0.3 is 0 Å². The van der Waals surface area contributed by atoms with Crippen LogP contribution in [0.4, 0.5) is 5.69 Å². The molecule has 0 bridgehead atoms. The zero-order valence-electron chi connectivity index (χ0n) is 15.8. The van der Waals surface area contributed by atoms with E-state index in [9.17, 15) is 19.7 Å². The van der Waals surface area contributed by atoms with Crippen LogP contribution in [0, 0.1) is 10.1 Å². The first-order valence-electron chi connectivity index (χ1n) is 8.42. The predicted molar refractivity (Wildman–Crippen MR) is 101 cm³/mol. The summed E-state index contributed by atoms with van der Waals surface area (Å²) < 4.78 is 5.29. The highest BCUT2D eigenvalue weighted by atomic mass is 16.6. The molecule has 2 rings (SSSR count). The lowest BCUT2D eigenvalue weighted by Crippen LogP contribution is -2.31. The van der Waals surface area contributed by atoms with Crippen LogP contribution in [0.2, 0.25) is 0 Å². The van der Waals surface area contributed by atoms with E-state index in [-0.39, 0.29) is 29.8 Å². The average molecular weight is 370 g/mol. The number of ether oxygens (including phenoxy) is 1. The van der Waals surface area contributed by atoms with Gasteiger partial charge in [0.2, 0.25) is 5.91 Å². The molecule has 0 saturated heterocycles. The maximum atomic E-state index is 12.7. The number of carbonyl (C=O) groups is 2. The van der Waals surface area contributed by atoms with Crippen molar-refractivity contribution in [1.29, 1.82) is 0 Å². The van der Waals surface area contributed by atoms with Gasteiger partial charge in [0.1, 0.15) is 5.75 Å². The van der Waals surface area contributed by atoms with Crippen molar-refractivity contribution in [1.82, 2.24) is 4.90 Å². The van der Waals surface area contributed by atoms with E-state index in [1.807, 2.05) is 0 Å². The van der Waals surface area contributed by atoms with E-state index in [2.05, 4.69) is 0 Å². The molecular weight excluding hydrogens is 348 g/mol. The summed E-state index contributed by atoms with van der Waals surface area (Å²) in [5, 5.41) is 11.0. The third-order valence-corrected chi connectivity index (χ3v) is 4.57. The first kappa shape index (κ1) is 20.1. The van der Waals surface area contributed by atoms with E-state index in [1.165, 1.54) is 31.1 Å². The number of Topliss-reactive ketones (excluding diaryl/α,β-unsaturated/α-hetero) is 1. The van der Waals surface area contributed by atoms with Gasteiger partial charge in [-0.05, 0) is 37.6 Å². The van der Waals surface area contributed by atoms with Gasteiger partial charge in [-0.1, -0.05) is 12.1 Å². The van der Waals surface area contributed by atoms with E-state index in [0.29, 0.717) is 22.4 Å². The lowest BCUT2D eigenvalue weighted by molar-refractivity contribution is -0.384. The normalized spacial score (nSPS) is 11.6. The van der Waals surface area contributed by atoms with Gasteiger partial charge < -0.3 is 9.64 Å². The van der Waals surface area contributed by atoms with Crippen molar-refractivity contribution >= 4 is 17.4 Å². The van der Waals surface area contributed by atoms with Crippen LogP contribution in [0.1, 0.15) is 41.4 Å². The van der Waals surface area contributed by atoms with Crippen LogP contribution in [0.3, 0.4) is 0 Å². The summed E-state index contributed by atoms with van der Waals surface area (Å²) in [5.74, 6) is 0.252. The Balaban J connectivity index is 2.22. The second-order valence-electron chi connectivity index (χ2n) is 6.29. The molecule has 0 unspecified atom stereocenters. The van der Waals surface area contributed by atoms with Crippen LogP contribution in [0.25, 0.3) is 0 Å². The first-order valence-corrected chi connectivity index (χ1v) is 8.42. The van der Waals surface area contributed by atoms with E-state index in [1.54, 1.807) is 44.3 Å². The van der Waals surface area contributed by atoms with Gasteiger partial charge in [-0.25, -0.2) is 0 Å². The first-order chi connectivity index (χ1) is 12.7. The van der Waals surface area contributed by atoms with Gasteiger partial charge in [0.25, 0.3) is 5.69 Å². The van der Waals surface area contributed by atoms with Crippen molar-refractivity contribution in [2.45, 2.75) is 26.3 Å². The van der Waals surface area contributed by atoms with Crippen molar-refractivity contribution in [2.75, 3.05) is 14.2 Å². The number of ketones is 1. The second-order valence-corrected chi connectivity index (χ2v) is 6.29. The van der Waals surface area contributed by atoms with E-state index in [4.69, 9.17) is 4.74 Å². The molecule has 7 nitrogen and oxygen atoms in total. The molecule has 0 fully saturated rings. The van der Waals surface area contributed by atoms with Gasteiger partial charge in [-0.3, -0.25) is 19.7 Å². The molecule has 0 aliphatic heterocycles.